The second-order valence-electron chi connectivity index (χ2n) is 5.19. The molecule has 0 bridgehead atoms. The van der Waals surface area contributed by atoms with Crippen molar-refractivity contribution >= 4 is 32.6 Å². The van der Waals surface area contributed by atoms with Crippen LogP contribution >= 0.6 is 11.3 Å². The number of fused-ring (bicyclic) bond motifs is 1. The van der Waals surface area contributed by atoms with Crippen molar-refractivity contribution in [2.75, 3.05) is 5.32 Å². The van der Waals surface area contributed by atoms with E-state index in [2.05, 4.69) is 25.7 Å². The number of tetrazole rings is 1. The monoisotopic (exact) mass is 354 g/mol. The number of thiazole rings is 1. The summed E-state index contributed by atoms with van der Waals surface area (Å²) in [6.45, 7) is -0.113. The molecule has 124 valence electrons. The highest BCUT2D eigenvalue weighted by atomic mass is 32.1. The third-order valence-electron chi connectivity index (χ3n) is 3.36. The first kappa shape index (κ1) is 15.3. The molecule has 0 aliphatic rings. The molecule has 0 atom stereocenters. The molecule has 2 aromatic carbocycles. The highest BCUT2D eigenvalue weighted by Crippen LogP contribution is 2.25. The number of carbonyl (C=O) groups is 1. The van der Waals surface area contributed by atoms with E-state index in [1.807, 2.05) is 24.3 Å². The molecule has 0 radical (unpaired) electrons. The van der Waals surface area contributed by atoms with E-state index < -0.39 is 0 Å². The van der Waals surface area contributed by atoms with Gasteiger partial charge in [-0.05, 0) is 29.5 Å². The second kappa shape index (κ2) is 6.36. The van der Waals surface area contributed by atoms with Crippen LogP contribution in [0.1, 0.15) is 0 Å². The average molecular weight is 354 g/mol. The van der Waals surface area contributed by atoms with Crippen molar-refractivity contribution < 1.29 is 9.18 Å². The van der Waals surface area contributed by atoms with Gasteiger partial charge in [0.25, 0.3) is 0 Å². The van der Waals surface area contributed by atoms with Crippen molar-refractivity contribution in [3.63, 3.8) is 0 Å². The molecule has 7 nitrogen and oxygen atoms in total. The number of hydrogen-bond acceptors (Lipinski definition) is 6. The Hall–Kier alpha value is -3.20. The lowest BCUT2D eigenvalue weighted by molar-refractivity contribution is -0.117. The quantitative estimate of drug-likeness (QED) is 0.609. The fraction of sp³-hybridized carbons (Fsp3) is 0.0625. The number of para-hydroxylation sites is 1. The summed E-state index contributed by atoms with van der Waals surface area (Å²) in [5.41, 5.74) is 1.33. The van der Waals surface area contributed by atoms with Crippen LogP contribution in [0.4, 0.5) is 9.52 Å². The lowest BCUT2D eigenvalue weighted by Gasteiger charge is -1.99. The Labute approximate surface area is 145 Å². The van der Waals surface area contributed by atoms with Crippen LogP contribution in [0.25, 0.3) is 21.6 Å². The number of benzene rings is 2. The van der Waals surface area contributed by atoms with Gasteiger partial charge in [-0.15, -0.1) is 10.2 Å². The summed E-state index contributed by atoms with van der Waals surface area (Å²) >= 11 is 1.39. The Bertz CT molecular complexity index is 1030. The maximum Gasteiger partial charge on any atom is 0.249 e. The molecule has 2 heterocycles. The predicted molar refractivity (Wildman–Crippen MR) is 91.5 cm³/mol. The van der Waals surface area contributed by atoms with Crippen LogP contribution in [0.15, 0.2) is 48.5 Å². The van der Waals surface area contributed by atoms with Crippen LogP contribution < -0.4 is 5.32 Å². The lowest BCUT2D eigenvalue weighted by Crippen LogP contribution is -2.20. The summed E-state index contributed by atoms with van der Waals surface area (Å²) in [6, 6.07) is 13.5. The molecule has 25 heavy (non-hydrogen) atoms. The van der Waals surface area contributed by atoms with Crippen LogP contribution in [-0.2, 0) is 11.3 Å². The number of nitrogens with zero attached hydrogens (tertiary/aromatic N) is 5. The Morgan fingerprint density at radius 1 is 1.20 bits per heavy atom. The fourth-order valence-corrected chi connectivity index (χ4v) is 3.15. The molecule has 0 fully saturated rings. The number of halogens is 1. The minimum atomic E-state index is -0.387. The van der Waals surface area contributed by atoms with Gasteiger partial charge in [0, 0.05) is 5.56 Å². The van der Waals surface area contributed by atoms with Crippen molar-refractivity contribution in [3.8, 4) is 11.4 Å². The summed E-state index contributed by atoms with van der Waals surface area (Å²) in [6.07, 6.45) is 0. The molecule has 0 aliphatic heterocycles. The Morgan fingerprint density at radius 3 is 2.92 bits per heavy atom. The molecule has 1 amide bonds. The van der Waals surface area contributed by atoms with Crippen LogP contribution in [-0.4, -0.2) is 31.1 Å². The second-order valence-corrected chi connectivity index (χ2v) is 6.22. The SMILES string of the molecule is O=C(Cn1nnc(-c2cccc(F)c2)n1)Nc1nc2ccccc2s1. The van der Waals surface area contributed by atoms with Crippen molar-refractivity contribution in [2.45, 2.75) is 6.54 Å². The smallest absolute Gasteiger partial charge is 0.249 e. The van der Waals surface area contributed by atoms with E-state index in [4.69, 9.17) is 0 Å². The minimum Gasteiger partial charge on any atom is -0.300 e. The van der Waals surface area contributed by atoms with E-state index in [1.54, 1.807) is 12.1 Å². The molecule has 0 spiro atoms. The third-order valence-corrected chi connectivity index (χ3v) is 4.31. The molecule has 0 saturated carbocycles. The Kier molecular flexibility index (Phi) is 3.90. The van der Waals surface area contributed by atoms with Gasteiger partial charge in [-0.25, -0.2) is 9.37 Å². The zero-order valence-corrected chi connectivity index (χ0v) is 13.6. The largest absolute Gasteiger partial charge is 0.300 e. The van der Waals surface area contributed by atoms with Crippen molar-refractivity contribution in [2.24, 2.45) is 0 Å². The first-order valence-corrected chi connectivity index (χ1v) is 8.18. The van der Waals surface area contributed by atoms with E-state index in [0.29, 0.717) is 10.7 Å². The zero-order chi connectivity index (χ0) is 17.2. The van der Waals surface area contributed by atoms with Gasteiger partial charge < -0.3 is 5.32 Å². The molecule has 0 saturated heterocycles. The zero-order valence-electron chi connectivity index (χ0n) is 12.8. The maximum atomic E-state index is 13.2. The molecule has 0 unspecified atom stereocenters. The topological polar surface area (TPSA) is 85.6 Å². The van der Waals surface area contributed by atoms with Gasteiger partial charge in [-0.3, -0.25) is 4.79 Å². The summed E-state index contributed by atoms with van der Waals surface area (Å²) in [7, 11) is 0. The summed E-state index contributed by atoms with van der Waals surface area (Å²) < 4.78 is 14.2. The normalized spacial score (nSPS) is 10.9. The number of anilines is 1. The van der Waals surface area contributed by atoms with Gasteiger partial charge >= 0.3 is 0 Å². The third kappa shape index (κ3) is 3.36. The fourth-order valence-electron chi connectivity index (χ4n) is 2.27. The van der Waals surface area contributed by atoms with Crippen LogP contribution in [0.3, 0.4) is 0 Å². The number of rotatable bonds is 4. The Balaban J connectivity index is 1.46. The van der Waals surface area contributed by atoms with Gasteiger partial charge in [-0.2, -0.15) is 4.80 Å². The molecule has 4 rings (SSSR count). The first-order valence-electron chi connectivity index (χ1n) is 7.36. The first-order chi connectivity index (χ1) is 12.2. The number of amides is 1. The number of hydrogen-bond donors (Lipinski definition) is 1. The van der Waals surface area contributed by atoms with Gasteiger partial charge in [0.05, 0.1) is 10.2 Å². The van der Waals surface area contributed by atoms with Crippen LogP contribution in [0, 0.1) is 5.82 Å². The maximum absolute atomic E-state index is 13.2. The summed E-state index contributed by atoms with van der Waals surface area (Å²) in [5, 5.41) is 15.0. The van der Waals surface area contributed by atoms with Gasteiger partial charge in [0.15, 0.2) is 5.13 Å². The van der Waals surface area contributed by atoms with E-state index in [-0.39, 0.29) is 24.1 Å². The van der Waals surface area contributed by atoms with Gasteiger partial charge in [0.1, 0.15) is 12.4 Å². The van der Waals surface area contributed by atoms with E-state index in [1.165, 1.54) is 23.5 Å². The van der Waals surface area contributed by atoms with Crippen LogP contribution in [0.5, 0.6) is 0 Å². The molecule has 9 heteroatoms. The molecule has 2 aromatic heterocycles. The minimum absolute atomic E-state index is 0.113. The van der Waals surface area contributed by atoms with Crippen LogP contribution in [0.2, 0.25) is 0 Å². The molecule has 1 N–H and O–H groups in total. The Morgan fingerprint density at radius 2 is 2.08 bits per heavy atom. The molecular formula is C16H11FN6OS. The highest BCUT2D eigenvalue weighted by Gasteiger charge is 2.12. The van der Waals surface area contributed by atoms with E-state index in [0.717, 1.165) is 15.0 Å². The van der Waals surface area contributed by atoms with Crippen molar-refractivity contribution in [1.82, 2.24) is 25.2 Å². The summed E-state index contributed by atoms with van der Waals surface area (Å²) in [5.74, 6) is -0.447. The van der Waals surface area contributed by atoms with Gasteiger partial charge in [0.2, 0.25) is 11.7 Å². The van der Waals surface area contributed by atoms with Gasteiger partial charge in [-0.1, -0.05) is 35.6 Å². The number of carbonyl (C=O) groups excluding carboxylic acids is 1. The van der Waals surface area contributed by atoms with Crippen molar-refractivity contribution in [3.05, 3.63) is 54.3 Å². The predicted octanol–water partition coefficient (Wildman–Crippen LogP) is 2.73. The average Bonchev–Trinajstić information content (AvgIpc) is 3.21. The lowest BCUT2D eigenvalue weighted by atomic mass is 10.2. The molecular weight excluding hydrogens is 343 g/mol. The van der Waals surface area contributed by atoms with E-state index in [9.17, 15) is 9.18 Å². The number of aromatic nitrogens is 5. The van der Waals surface area contributed by atoms with Crippen molar-refractivity contribution in [1.29, 1.82) is 0 Å². The molecule has 4 aromatic rings. The highest BCUT2D eigenvalue weighted by molar-refractivity contribution is 7.22. The standard InChI is InChI=1S/C16H11FN6OS/c17-11-5-3-4-10(8-11)15-20-22-23(21-15)9-14(24)19-16-18-12-6-1-2-7-13(12)25-16/h1-8H,9H2,(H,18,19,24). The van der Waals surface area contributed by atoms with E-state index >= 15 is 0 Å². The molecule has 0 aliphatic carbocycles. The number of nitrogens with one attached hydrogen (secondary N) is 1. The summed E-state index contributed by atoms with van der Waals surface area (Å²) in [4.78, 5) is 17.6.